The molecule has 4 aromatic rings. The zero-order valence-electron chi connectivity index (χ0n) is 15.0. The zero-order chi connectivity index (χ0) is 18.6. The summed E-state index contributed by atoms with van der Waals surface area (Å²) in [5, 5.41) is 20.6. The number of fused-ring (bicyclic) bond motifs is 1. The van der Waals surface area contributed by atoms with E-state index in [0.717, 1.165) is 5.39 Å². The molecule has 0 aliphatic heterocycles. The molecular weight excluding hydrogens is 365 g/mol. The number of rotatable bonds is 4. The van der Waals surface area contributed by atoms with E-state index in [1.54, 1.807) is 42.6 Å². The van der Waals surface area contributed by atoms with Crippen LogP contribution in [0.15, 0.2) is 87.2 Å². The molecule has 28 heavy (non-hydrogen) atoms. The number of aromatic hydroxyl groups is 2. The molecule has 0 saturated heterocycles. The second-order valence-corrected chi connectivity index (χ2v) is 5.89. The van der Waals surface area contributed by atoms with Crippen molar-refractivity contribution in [3.05, 3.63) is 83.9 Å². The maximum Gasteiger partial charge on any atom is 0.246 e. The van der Waals surface area contributed by atoms with E-state index < -0.39 is 0 Å². The highest BCUT2D eigenvalue weighted by atomic mass is 24.3. The van der Waals surface area contributed by atoms with E-state index in [1.807, 2.05) is 36.4 Å². The summed E-state index contributed by atoms with van der Waals surface area (Å²) in [6, 6.07) is 21.4. The highest BCUT2D eigenvalue weighted by Gasteiger charge is 2.12. The van der Waals surface area contributed by atoms with Gasteiger partial charge in [-0.2, -0.15) is 0 Å². The van der Waals surface area contributed by atoms with E-state index in [2.05, 4.69) is 9.98 Å². The van der Waals surface area contributed by atoms with Crippen molar-refractivity contribution in [2.24, 2.45) is 9.98 Å². The van der Waals surface area contributed by atoms with Gasteiger partial charge in [0.25, 0.3) is 0 Å². The number of nitrogens with zero attached hydrogens (tertiary/aromatic N) is 2. The number of furan rings is 1. The average molecular weight is 381 g/mol. The molecule has 0 bridgehead atoms. The van der Waals surface area contributed by atoms with Crippen molar-refractivity contribution in [2.75, 3.05) is 0 Å². The molecule has 1 heterocycles. The van der Waals surface area contributed by atoms with Crippen LogP contribution < -0.4 is 0 Å². The Hall–Kier alpha value is -3.09. The van der Waals surface area contributed by atoms with Crippen LogP contribution in [0.3, 0.4) is 0 Å². The summed E-state index contributed by atoms with van der Waals surface area (Å²) in [6.45, 7) is 0. The fourth-order valence-corrected chi connectivity index (χ4v) is 2.69. The maximum absolute atomic E-state index is 9.93. The molecule has 0 saturated carbocycles. The first-order valence-electron chi connectivity index (χ1n) is 8.38. The Labute approximate surface area is 177 Å². The van der Waals surface area contributed by atoms with E-state index in [9.17, 15) is 10.2 Å². The number of hydrogen-bond donors (Lipinski definition) is 2. The fraction of sp³-hybridized carbons (Fsp3) is 0. The fourth-order valence-electron chi connectivity index (χ4n) is 2.69. The molecule has 0 atom stereocenters. The summed E-state index contributed by atoms with van der Waals surface area (Å²) < 4.78 is 5.82. The molecule has 3 aromatic carbocycles. The summed E-state index contributed by atoms with van der Waals surface area (Å²) in [7, 11) is 0. The lowest BCUT2D eigenvalue weighted by Gasteiger charge is -1.98. The molecule has 1 aromatic heterocycles. The first kappa shape index (κ1) is 19.7. The summed E-state index contributed by atoms with van der Waals surface area (Å²) in [6.07, 6.45) is 3.11. The second-order valence-electron chi connectivity index (χ2n) is 5.89. The van der Waals surface area contributed by atoms with Crippen molar-refractivity contribution in [1.82, 2.24) is 0 Å². The Kier molecular flexibility index (Phi) is 6.13. The van der Waals surface area contributed by atoms with Gasteiger partial charge < -0.3 is 14.6 Å². The van der Waals surface area contributed by atoms with Crippen molar-refractivity contribution in [3.63, 3.8) is 0 Å². The maximum atomic E-state index is 9.93. The topological polar surface area (TPSA) is 78.3 Å². The third-order valence-electron chi connectivity index (χ3n) is 4.08. The number of para-hydroxylation sites is 3. The molecule has 0 aliphatic rings. The van der Waals surface area contributed by atoms with Gasteiger partial charge in [0.05, 0.1) is 0 Å². The lowest BCUT2D eigenvalue weighted by molar-refractivity contribution is 0.474. The molecule has 6 heteroatoms. The average Bonchev–Trinajstić information content (AvgIpc) is 3.04. The number of hydrogen-bond acceptors (Lipinski definition) is 5. The van der Waals surface area contributed by atoms with E-state index in [4.69, 9.17) is 4.42 Å². The highest BCUT2D eigenvalue weighted by Crippen LogP contribution is 2.39. The number of benzene rings is 3. The van der Waals surface area contributed by atoms with Gasteiger partial charge >= 0.3 is 0 Å². The predicted molar refractivity (Wildman–Crippen MR) is 113 cm³/mol. The largest absolute Gasteiger partial charge is 0.507 e. The Morgan fingerprint density at radius 1 is 0.679 bits per heavy atom. The lowest BCUT2D eigenvalue weighted by atomic mass is 10.2. The van der Waals surface area contributed by atoms with Crippen LogP contribution in [0.2, 0.25) is 0 Å². The molecule has 134 valence electrons. The quantitative estimate of drug-likeness (QED) is 0.388. The minimum atomic E-state index is 0. The molecule has 0 aliphatic carbocycles. The van der Waals surface area contributed by atoms with Gasteiger partial charge in [-0.3, -0.25) is 0 Å². The molecule has 2 N–H and O–H groups in total. The van der Waals surface area contributed by atoms with Crippen molar-refractivity contribution in [2.45, 2.75) is 0 Å². The highest BCUT2D eigenvalue weighted by molar-refractivity contribution is 5.99. The first-order chi connectivity index (χ1) is 13.2. The van der Waals surface area contributed by atoms with Crippen LogP contribution in [0.1, 0.15) is 11.1 Å². The van der Waals surface area contributed by atoms with E-state index in [1.165, 1.54) is 6.21 Å². The van der Waals surface area contributed by atoms with Crippen molar-refractivity contribution in [1.29, 1.82) is 0 Å². The van der Waals surface area contributed by atoms with Crippen molar-refractivity contribution in [3.8, 4) is 11.5 Å². The normalized spacial score (nSPS) is 11.3. The van der Waals surface area contributed by atoms with Gasteiger partial charge in [0.15, 0.2) is 0 Å². The SMILES string of the molecule is Oc1ccccc1C=Nc1oc2ccccc2c1N=Cc1ccccc1O.[Mg]. The molecule has 0 spiro atoms. The van der Waals surface area contributed by atoms with E-state index in [0.29, 0.717) is 28.3 Å². The van der Waals surface area contributed by atoms with Crippen LogP contribution >= 0.6 is 0 Å². The predicted octanol–water partition coefficient (Wildman–Crippen LogP) is 4.96. The zero-order valence-corrected chi connectivity index (χ0v) is 16.4. The number of phenolic OH excluding ortho intramolecular Hbond substituents is 2. The molecular formula is C22H16MgN2O3. The summed E-state index contributed by atoms with van der Waals surface area (Å²) in [5.41, 5.74) is 2.39. The van der Waals surface area contributed by atoms with Gasteiger partial charge in [-0.05, 0) is 36.4 Å². The minimum absolute atomic E-state index is 0. The Balaban J connectivity index is 0.00000225. The van der Waals surface area contributed by atoms with Crippen LogP contribution in [-0.4, -0.2) is 45.7 Å². The Morgan fingerprint density at radius 2 is 1.21 bits per heavy atom. The molecule has 0 amide bonds. The van der Waals surface area contributed by atoms with Gasteiger partial charge in [-0.1, -0.05) is 36.4 Å². The summed E-state index contributed by atoms with van der Waals surface area (Å²) >= 11 is 0. The Bertz CT molecular complexity index is 1170. The lowest BCUT2D eigenvalue weighted by Crippen LogP contribution is -1.81. The van der Waals surface area contributed by atoms with Gasteiger partial charge in [0, 0.05) is 52.0 Å². The van der Waals surface area contributed by atoms with Gasteiger partial charge in [0.1, 0.15) is 22.8 Å². The van der Waals surface area contributed by atoms with E-state index in [-0.39, 0.29) is 34.6 Å². The molecule has 2 radical (unpaired) electrons. The van der Waals surface area contributed by atoms with Crippen LogP contribution in [0, 0.1) is 0 Å². The number of phenols is 2. The van der Waals surface area contributed by atoms with Crippen LogP contribution in [0.25, 0.3) is 11.0 Å². The molecule has 5 nitrogen and oxygen atoms in total. The van der Waals surface area contributed by atoms with Crippen LogP contribution in [0.5, 0.6) is 11.5 Å². The standard InChI is InChI=1S/C22H16N2O3.Mg/c25-18-10-4-1-7-15(18)13-23-21-17-9-3-6-12-20(17)27-22(21)24-14-16-8-2-5-11-19(16)26;/h1-14,25-26H;. The molecule has 0 fully saturated rings. The first-order valence-corrected chi connectivity index (χ1v) is 8.38. The van der Waals surface area contributed by atoms with Crippen molar-refractivity contribution < 1.29 is 14.6 Å². The van der Waals surface area contributed by atoms with Gasteiger partial charge in [-0.15, -0.1) is 0 Å². The number of aliphatic imine (C=N–C) groups is 2. The third kappa shape index (κ3) is 4.08. The van der Waals surface area contributed by atoms with Crippen molar-refractivity contribution >= 4 is 58.0 Å². The van der Waals surface area contributed by atoms with Crippen LogP contribution in [-0.2, 0) is 0 Å². The Morgan fingerprint density at radius 3 is 1.86 bits per heavy atom. The smallest absolute Gasteiger partial charge is 0.246 e. The summed E-state index contributed by atoms with van der Waals surface area (Å²) in [5.74, 6) is 0.607. The third-order valence-corrected chi connectivity index (χ3v) is 4.08. The second kappa shape index (κ2) is 8.73. The van der Waals surface area contributed by atoms with E-state index >= 15 is 0 Å². The summed E-state index contributed by atoms with van der Waals surface area (Å²) in [4.78, 5) is 8.89. The monoisotopic (exact) mass is 380 g/mol. The van der Waals surface area contributed by atoms with Crippen LogP contribution in [0.4, 0.5) is 11.6 Å². The molecule has 0 unspecified atom stereocenters. The molecule has 4 rings (SSSR count). The van der Waals surface area contributed by atoms with Gasteiger partial charge in [-0.25, -0.2) is 9.98 Å². The minimum Gasteiger partial charge on any atom is -0.507 e. The van der Waals surface area contributed by atoms with Gasteiger partial charge in [0.2, 0.25) is 5.88 Å².